The minimum Gasteiger partial charge on any atom is -0.348 e. The largest absolute Gasteiger partial charge is 0.348 e. The molecule has 0 radical (unpaired) electrons. The van der Waals surface area contributed by atoms with Gasteiger partial charge in [0.2, 0.25) is 0 Å². The van der Waals surface area contributed by atoms with Crippen molar-refractivity contribution in [3.05, 3.63) is 52.4 Å². The van der Waals surface area contributed by atoms with Crippen LogP contribution in [0.25, 0.3) is 6.08 Å². The molecule has 1 N–H and O–H groups in total. The summed E-state index contributed by atoms with van der Waals surface area (Å²) in [4.78, 5) is 19.1. The molecule has 22 heavy (non-hydrogen) atoms. The summed E-state index contributed by atoms with van der Waals surface area (Å²) < 4.78 is 0. The average Bonchev–Trinajstić information content (AvgIpc) is 2.90. The van der Waals surface area contributed by atoms with Gasteiger partial charge in [0.25, 0.3) is 5.91 Å². The lowest BCUT2D eigenvalue weighted by Gasteiger charge is -2.27. The first-order valence-electron chi connectivity index (χ1n) is 7.44. The van der Waals surface area contributed by atoms with Gasteiger partial charge in [-0.15, -0.1) is 0 Å². The maximum Gasteiger partial charge on any atom is 0.286 e. The van der Waals surface area contributed by atoms with E-state index >= 15 is 0 Å². The SMILES string of the molecule is CC(=C\c1ccccc1)/C=C1/SC(N2CCNCC2)=NC1=O. The summed E-state index contributed by atoms with van der Waals surface area (Å²) in [5.41, 5.74) is 2.19. The number of rotatable bonds is 2. The van der Waals surface area contributed by atoms with E-state index in [2.05, 4.69) is 21.3 Å². The van der Waals surface area contributed by atoms with Gasteiger partial charge in [-0.05, 0) is 35.9 Å². The Morgan fingerprint density at radius 2 is 2.00 bits per heavy atom. The van der Waals surface area contributed by atoms with Gasteiger partial charge in [0.05, 0.1) is 4.91 Å². The molecule has 2 aliphatic heterocycles. The summed E-state index contributed by atoms with van der Waals surface area (Å²) in [5.74, 6) is -0.126. The van der Waals surface area contributed by atoms with Gasteiger partial charge < -0.3 is 10.2 Å². The van der Waals surface area contributed by atoms with Gasteiger partial charge in [-0.25, -0.2) is 0 Å². The van der Waals surface area contributed by atoms with Gasteiger partial charge in [-0.1, -0.05) is 36.4 Å². The molecule has 4 nitrogen and oxygen atoms in total. The highest BCUT2D eigenvalue weighted by atomic mass is 32.2. The van der Waals surface area contributed by atoms with Crippen molar-refractivity contribution in [1.82, 2.24) is 10.2 Å². The molecule has 1 amide bonds. The molecule has 2 heterocycles. The normalized spacial score (nSPS) is 21.4. The fraction of sp³-hybridized carbons (Fsp3) is 0.294. The lowest BCUT2D eigenvalue weighted by Crippen LogP contribution is -2.45. The van der Waals surface area contributed by atoms with Gasteiger partial charge >= 0.3 is 0 Å². The Kier molecular flexibility index (Phi) is 4.75. The highest BCUT2D eigenvalue weighted by molar-refractivity contribution is 8.18. The maximum atomic E-state index is 12.1. The third-order valence-electron chi connectivity index (χ3n) is 3.55. The van der Waals surface area contributed by atoms with Crippen LogP contribution in [0.1, 0.15) is 12.5 Å². The molecule has 2 aliphatic rings. The lowest BCUT2D eigenvalue weighted by atomic mass is 10.1. The molecule has 114 valence electrons. The van der Waals surface area contributed by atoms with Crippen LogP contribution in [-0.2, 0) is 4.79 Å². The third-order valence-corrected chi connectivity index (χ3v) is 4.59. The monoisotopic (exact) mass is 313 g/mol. The second kappa shape index (κ2) is 6.94. The molecule has 0 unspecified atom stereocenters. The van der Waals surface area contributed by atoms with Gasteiger partial charge in [0.15, 0.2) is 5.17 Å². The molecule has 5 heteroatoms. The first-order chi connectivity index (χ1) is 10.7. The van der Waals surface area contributed by atoms with Crippen molar-refractivity contribution in [3.63, 3.8) is 0 Å². The van der Waals surface area contributed by atoms with Crippen LogP contribution in [0.5, 0.6) is 0 Å². The summed E-state index contributed by atoms with van der Waals surface area (Å²) in [7, 11) is 0. The summed E-state index contributed by atoms with van der Waals surface area (Å²) in [6, 6.07) is 10.1. The van der Waals surface area contributed by atoms with Gasteiger partial charge in [0, 0.05) is 26.2 Å². The first kappa shape index (κ1) is 15.1. The topological polar surface area (TPSA) is 44.7 Å². The Balaban J connectivity index is 1.71. The van der Waals surface area contributed by atoms with Crippen LogP contribution in [0.3, 0.4) is 0 Å². The van der Waals surface area contributed by atoms with Crippen LogP contribution >= 0.6 is 11.8 Å². The van der Waals surface area contributed by atoms with Crippen molar-refractivity contribution < 1.29 is 4.79 Å². The number of benzene rings is 1. The van der Waals surface area contributed by atoms with Crippen LogP contribution in [-0.4, -0.2) is 42.2 Å². The van der Waals surface area contributed by atoms with Gasteiger partial charge in [-0.2, -0.15) is 4.99 Å². The Morgan fingerprint density at radius 3 is 2.73 bits per heavy atom. The van der Waals surface area contributed by atoms with E-state index in [1.54, 1.807) is 0 Å². The number of amides is 1. The highest BCUT2D eigenvalue weighted by Gasteiger charge is 2.26. The van der Waals surface area contributed by atoms with E-state index in [9.17, 15) is 4.79 Å². The number of allylic oxidation sites excluding steroid dienone is 2. The molecule has 0 aromatic heterocycles. The van der Waals surface area contributed by atoms with E-state index in [-0.39, 0.29) is 5.91 Å². The van der Waals surface area contributed by atoms with E-state index in [0.29, 0.717) is 4.91 Å². The standard InChI is InChI=1S/C17H19N3OS/c1-13(11-14-5-3-2-4-6-14)12-15-16(21)19-17(22-15)20-9-7-18-8-10-20/h2-6,11-12,18H,7-10H2,1H3/b13-11+,15-12+. The van der Waals surface area contributed by atoms with Crippen molar-refractivity contribution in [2.75, 3.05) is 26.2 Å². The van der Waals surface area contributed by atoms with E-state index in [0.717, 1.165) is 42.5 Å². The van der Waals surface area contributed by atoms with Crippen molar-refractivity contribution >= 4 is 28.9 Å². The predicted octanol–water partition coefficient (Wildman–Crippen LogP) is 2.51. The fourth-order valence-electron chi connectivity index (χ4n) is 2.45. The molecular weight excluding hydrogens is 294 g/mol. The number of nitrogens with zero attached hydrogens (tertiary/aromatic N) is 2. The van der Waals surface area contributed by atoms with Crippen LogP contribution in [0, 0.1) is 0 Å². The fourth-order valence-corrected chi connectivity index (χ4v) is 3.46. The molecule has 1 aromatic carbocycles. The van der Waals surface area contributed by atoms with Gasteiger partial charge in [-0.3, -0.25) is 4.79 Å². The molecule has 0 spiro atoms. The van der Waals surface area contributed by atoms with Crippen molar-refractivity contribution in [2.24, 2.45) is 4.99 Å². The van der Waals surface area contributed by atoms with E-state index in [4.69, 9.17) is 0 Å². The van der Waals surface area contributed by atoms with E-state index in [1.807, 2.05) is 43.3 Å². The number of aliphatic imine (C=N–C) groups is 1. The Hall–Kier alpha value is -1.85. The molecule has 1 aromatic rings. The number of piperazine rings is 1. The summed E-state index contributed by atoms with van der Waals surface area (Å²) in [6.45, 7) is 5.71. The predicted molar refractivity (Wildman–Crippen MR) is 92.7 cm³/mol. The average molecular weight is 313 g/mol. The smallest absolute Gasteiger partial charge is 0.286 e. The van der Waals surface area contributed by atoms with Crippen LogP contribution in [0.2, 0.25) is 0 Å². The van der Waals surface area contributed by atoms with Crippen molar-refractivity contribution in [3.8, 4) is 0 Å². The van der Waals surface area contributed by atoms with Crippen LogP contribution < -0.4 is 5.32 Å². The number of carbonyl (C=O) groups is 1. The van der Waals surface area contributed by atoms with Crippen molar-refractivity contribution in [1.29, 1.82) is 0 Å². The number of hydrogen-bond donors (Lipinski definition) is 1. The van der Waals surface area contributed by atoms with Gasteiger partial charge in [0.1, 0.15) is 0 Å². The number of amidine groups is 1. The number of thioether (sulfide) groups is 1. The second-order valence-corrected chi connectivity index (χ2v) is 6.36. The highest BCUT2D eigenvalue weighted by Crippen LogP contribution is 2.29. The quantitative estimate of drug-likeness (QED) is 0.852. The van der Waals surface area contributed by atoms with Crippen LogP contribution in [0.4, 0.5) is 0 Å². The Labute approximate surface area is 135 Å². The Morgan fingerprint density at radius 1 is 1.27 bits per heavy atom. The molecule has 1 saturated heterocycles. The summed E-state index contributed by atoms with van der Waals surface area (Å²) in [5, 5.41) is 4.14. The number of nitrogens with one attached hydrogen (secondary N) is 1. The zero-order chi connectivity index (χ0) is 15.4. The molecular formula is C17H19N3OS. The summed E-state index contributed by atoms with van der Waals surface area (Å²) >= 11 is 1.48. The van der Waals surface area contributed by atoms with E-state index < -0.39 is 0 Å². The summed E-state index contributed by atoms with van der Waals surface area (Å²) in [6.07, 6.45) is 4.00. The molecule has 3 rings (SSSR count). The minimum atomic E-state index is -0.126. The second-order valence-electron chi connectivity index (χ2n) is 5.35. The zero-order valence-electron chi connectivity index (χ0n) is 12.6. The van der Waals surface area contributed by atoms with Crippen LogP contribution in [0.15, 0.2) is 51.9 Å². The molecule has 0 aliphatic carbocycles. The van der Waals surface area contributed by atoms with E-state index in [1.165, 1.54) is 11.8 Å². The zero-order valence-corrected chi connectivity index (χ0v) is 13.4. The minimum absolute atomic E-state index is 0.126. The number of hydrogen-bond acceptors (Lipinski definition) is 4. The third kappa shape index (κ3) is 3.67. The lowest BCUT2D eigenvalue weighted by molar-refractivity contribution is -0.113. The molecule has 0 atom stereocenters. The number of carbonyl (C=O) groups excluding carboxylic acids is 1. The first-order valence-corrected chi connectivity index (χ1v) is 8.25. The molecule has 1 fully saturated rings. The maximum absolute atomic E-state index is 12.1. The van der Waals surface area contributed by atoms with Crippen molar-refractivity contribution in [2.45, 2.75) is 6.92 Å². The molecule has 0 saturated carbocycles. The molecule has 0 bridgehead atoms. The Bertz CT molecular complexity index is 643.